The molecular formula is C59H102N2O6. The fourth-order valence-electron chi connectivity index (χ4n) is 13.7. The van der Waals surface area contributed by atoms with Crippen molar-refractivity contribution in [3.8, 4) is 0 Å². The topological polar surface area (TPSA) is 86.3 Å². The molecule has 5 rings (SSSR count). The van der Waals surface area contributed by atoms with E-state index in [4.69, 9.17) is 18.9 Å². The lowest BCUT2D eigenvalue weighted by Gasteiger charge is -2.58. The number of carbonyl (C=O) groups is 2. The van der Waals surface area contributed by atoms with Crippen molar-refractivity contribution in [3.63, 3.8) is 0 Å². The van der Waals surface area contributed by atoms with Gasteiger partial charge in [-0.3, -0.25) is 4.79 Å². The summed E-state index contributed by atoms with van der Waals surface area (Å²) in [5, 5.41) is 2.91. The van der Waals surface area contributed by atoms with Crippen molar-refractivity contribution < 1.29 is 28.5 Å². The van der Waals surface area contributed by atoms with Gasteiger partial charge in [0, 0.05) is 26.1 Å². The molecule has 67 heavy (non-hydrogen) atoms. The molecule has 0 aromatic heterocycles. The number of hydrogen-bond donors (Lipinski definition) is 1. The minimum atomic E-state index is -0.372. The molecule has 1 N–H and O–H groups in total. The number of amides is 1. The van der Waals surface area contributed by atoms with Gasteiger partial charge in [-0.25, -0.2) is 4.79 Å². The van der Waals surface area contributed by atoms with Crippen LogP contribution in [0.3, 0.4) is 0 Å². The summed E-state index contributed by atoms with van der Waals surface area (Å²) in [6.45, 7) is 19.6. The number of fused-ring (bicyclic) bond motifs is 5. The monoisotopic (exact) mass is 935 g/mol. The second-order valence-electron chi connectivity index (χ2n) is 23.0. The number of ether oxygens (including phenoxy) is 4. The predicted molar refractivity (Wildman–Crippen MR) is 277 cm³/mol. The summed E-state index contributed by atoms with van der Waals surface area (Å²) >= 11 is 0. The Labute approximate surface area is 411 Å². The highest BCUT2D eigenvalue weighted by Crippen LogP contribution is 2.67. The molecule has 0 aromatic rings. The van der Waals surface area contributed by atoms with Gasteiger partial charge in [0.15, 0.2) is 0 Å². The SMILES string of the molecule is CCCCC/C=C\C/C=C\CCCCCCCCOCC(CN1CCCCC1)OCCNC(=O)COCC(=O)O[C@H]1CC[C@@]2(C)C(=CC[C@H]3[C@@H]4CC[C@H]([C@H](C)CCCC(C)C)[C@@]4(C)CC[C@@H]32)C1. The summed E-state index contributed by atoms with van der Waals surface area (Å²) in [4.78, 5) is 28.1. The third-order valence-corrected chi connectivity index (χ3v) is 17.5. The number of carbonyl (C=O) groups excluding carboxylic acids is 2. The summed E-state index contributed by atoms with van der Waals surface area (Å²) in [5.41, 5.74) is 2.23. The first-order valence-electron chi connectivity index (χ1n) is 28.5. The lowest BCUT2D eigenvalue weighted by molar-refractivity contribution is -0.157. The largest absolute Gasteiger partial charge is 0.460 e. The fraction of sp³-hybridized carbons (Fsp3) is 0.864. The number of hydrogen-bond acceptors (Lipinski definition) is 7. The van der Waals surface area contributed by atoms with Crippen LogP contribution in [-0.2, 0) is 28.5 Å². The lowest BCUT2D eigenvalue weighted by atomic mass is 9.47. The van der Waals surface area contributed by atoms with Crippen LogP contribution in [0.4, 0.5) is 0 Å². The van der Waals surface area contributed by atoms with Gasteiger partial charge in [-0.05, 0) is 156 Å². The molecule has 1 aliphatic heterocycles. The van der Waals surface area contributed by atoms with Gasteiger partial charge in [0.25, 0.3) is 0 Å². The van der Waals surface area contributed by atoms with Crippen molar-refractivity contribution in [3.05, 3.63) is 36.0 Å². The molecule has 3 saturated carbocycles. The van der Waals surface area contributed by atoms with Gasteiger partial charge in [0.05, 0.1) is 19.3 Å². The molecule has 1 amide bonds. The third kappa shape index (κ3) is 18.6. The van der Waals surface area contributed by atoms with E-state index in [0.29, 0.717) is 25.2 Å². The van der Waals surface area contributed by atoms with Crippen molar-refractivity contribution >= 4 is 11.9 Å². The number of likely N-dealkylation sites (tertiary alicyclic amines) is 1. The molecule has 8 heteroatoms. The Morgan fingerprint density at radius 1 is 0.791 bits per heavy atom. The summed E-state index contributed by atoms with van der Waals surface area (Å²) in [7, 11) is 0. The van der Waals surface area contributed by atoms with Gasteiger partial charge in [-0.15, -0.1) is 0 Å². The molecule has 8 nitrogen and oxygen atoms in total. The molecule has 384 valence electrons. The molecule has 1 heterocycles. The Morgan fingerprint density at radius 2 is 1.54 bits per heavy atom. The fourth-order valence-corrected chi connectivity index (χ4v) is 13.7. The van der Waals surface area contributed by atoms with E-state index in [-0.39, 0.29) is 42.7 Å². The summed E-state index contributed by atoms with van der Waals surface area (Å²) in [6.07, 6.45) is 44.1. The quantitative estimate of drug-likeness (QED) is 0.0398. The normalized spacial score (nSPS) is 28.6. The zero-order valence-electron chi connectivity index (χ0n) is 44.2. The smallest absolute Gasteiger partial charge is 0.332 e. The van der Waals surface area contributed by atoms with Crippen LogP contribution >= 0.6 is 0 Å². The van der Waals surface area contributed by atoms with Gasteiger partial charge < -0.3 is 29.2 Å². The number of piperidine rings is 1. The van der Waals surface area contributed by atoms with E-state index in [0.717, 1.165) is 93.9 Å². The van der Waals surface area contributed by atoms with E-state index >= 15 is 0 Å². The Bertz CT molecular complexity index is 1490. The molecule has 0 bridgehead atoms. The molecule has 1 unspecified atom stereocenters. The van der Waals surface area contributed by atoms with Crippen LogP contribution in [0.5, 0.6) is 0 Å². The molecule has 5 aliphatic rings. The summed E-state index contributed by atoms with van der Waals surface area (Å²) in [5.74, 6) is 4.28. The molecule has 0 spiro atoms. The van der Waals surface area contributed by atoms with Crippen LogP contribution < -0.4 is 5.32 Å². The molecule has 0 aromatic carbocycles. The average molecular weight is 935 g/mol. The Kier molecular flexibility index (Phi) is 25.6. The highest BCUT2D eigenvalue weighted by Gasteiger charge is 2.59. The van der Waals surface area contributed by atoms with Crippen molar-refractivity contribution in [1.29, 1.82) is 0 Å². The van der Waals surface area contributed by atoms with E-state index in [1.165, 1.54) is 140 Å². The van der Waals surface area contributed by atoms with Crippen LogP contribution in [0.2, 0.25) is 0 Å². The van der Waals surface area contributed by atoms with E-state index in [2.05, 4.69) is 82.1 Å². The molecular weight excluding hydrogens is 833 g/mol. The number of nitrogens with zero attached hydrogens (tertiary/aromatic N) is 1. The van der Waals surface area contributed by atoms with Crippen LogP contribution in [0, 0.1) is 46.3 Å². The number of allylic oxidation sites excluding steroid dienone is 5. The van der Waals surface area contributed by atoms with E-state index in [9.17, 15) is 9.59 Å². The van der Waals surface area contributed by atoms with Crippen LogP contribution in [-0.4, -0.2) is 88.2 Å². The zero-order chi connectivity index (χ0) is 47.7. The summed E-state index contributed by atoms with van der Waals surface area (Å²) in [6, 6.07) is 0. The molecule has 1 saturated heterocycles. The number of nitrogens with one attached hydrogen (secondary N) is 1. The van der Waals surface area contributed by atoms with Crippen molar-refractivity contribution in [1.82, 2.24) is 10.2 Å². The average Bonchev–Trinajstić information content (AvgIpc) is 3.67. The van der Waals surface area contributed by atoms with Crippen molar-refractivity contribution in [2.45, 2.75) is 221 Å². The third-order valence-electron chi connectivity index (χ3n) is 17.5. The van der Waals surface area contributed by atoms with E-state index < -0.39 is 0 Å². The highest BCUT2D eigenvalue weighted by molar-refractivity contribution is 5.77. The first-order valence-corrected chi connectivity index (χ1v) is 28.5. The maximum Gasteiger partial charge on any atom is 0.332 e. The zero-order valence-corrected chi connectivity index (χ0v) is 44.2. The summed E-state index contributed by atoms with van der Waals surface area (Å²) < 4.78 is 23.9. The standard InChI is InChI=1S/C59H102N2O6/c1-7-8-9-10-11-12-13-14-15-16-17-18-19-20-21-25-40-64-44-51(43-61-38-23-22-24-39-61)66-41-37-60-56(62)45-65-46-57(63)67-50-33-35-58(5)49(42-50)29-30-52-54-32-31-53(48(4)28-26-27-47(2)3)59(54,6)36-34-55(52)58/h11-12,14-15,29,47-48,50-55H,7-10,13,16-28,30-46H2,1-6H3,(H,60,62)/b12-11-,15-14-/t48-,50+,51?,52+,53-,54+,55+,58+,59-/m1/s1. The number of rotatable bonds is 33. The first kappa shape index (κ1) is 55.9. The number of unbranched alkanes of at least 4 members (excludes halogenated alkanes) is 9. The van der Waals surface area contributed by atoms with Crippen LogP contribution in [0.25, 0.3) is 0 Å². The second kappa shape index (κ2) is 30.7. The van der Waals surface area contributed by atoms with Crippen LogP contribution in [0.15, 0.2) is 36.0 Å². The van der Waals surface area contributed by atoms with Gasteiger partial charge in [0.2, 0.25) is 5.91 Å². The van der Waals surface area contributed by atoms with E-state index in [1.807, 2.05) is 0 Å². The van der Waals surface area contributed by atoms with Gasteiger partial charge in [-0.2, -0.15) is 0 Å². The highest BCUT2D eigenvalue weighted by atomic mass is 16.6. The van der Waals surface area contributed by atoms with Gasteiger partial charge >= 0.3 is 5.97 Å². The number of esters is 1. The molecule has 4 aliphatic carbocycles. The molecule has 4 fully saturated rings. The van der Waals surface area contributed by atoms with Gasteiger partial charge in [0.1, 0.15) is 19.3 Å². The van der Waals surface area contributed by atoms with Crippen molar-refractivity contribution in [2.75, 3.05) is 59.2 Å². The minimum Gasteiger partial charge on any atom is -0.460 e. The Hall–Kier alpha value is -2.00. The maximum absolute atomic E-state index is 12.9. The second-order valence-corrected chi connectivity index (χ2v) is 23.0. The molecule has 0 radical (unpaired) electrons. The van der Waals surface area contributed by atoms with Crippen molar-refractivity contribution in [2.24, 2.45) is 46.3 Å². The van der Waals surface area contributed by atoms with Crippen LogP contribution in [0.1, 0.15) is 208 Å². The minimum absolute atomic E-state index is 0.0225. The predicted octanol–water partition coefficient (Wildman–Crippen LogP) is 13.8. The Morgan fingerprint density at radius 3 is 2.30 bits per heavy atom. The Balaban J connectivity index is 0.909. The maximum atomic E-state index is 12.9. The van der Waals surface area contributed by atoms with E-state index in [1.54, 1.807) is 0 Å². The van der Waals surface area contributed by atoms with Gasteiger partial charge in [-0.1, -0.05) is 142 Å². The first-order chi connectivity index (χ1) is 32.5. The molecule has 9 atom stereocenters. The lowest BCUT2D eigenvalue weighted by Crippen LogP contribution is -2.51.